The number of carbonyl (C=O) groups excluding carboxylic acids is 2. The minimum Gasteiger partial charge on any atom is -0.377 e. The first-order valence-electron chi connectivity index (χ1n) is 7.49. The highest BCUT2D eigenvalue weighted by Gasteiger charge is 2.14. The van der Waals surface area contributed by atoms with Crippen LogP contribution in [0.5, 0.6) is 0 Å². The summed E-state index contributed by atoms with van der Waals surface area (Å²) in [5.41, 5.74) is 1.94. The van der Waals surface area contributed by atoms with Crippen molar-refractivity contribution in [1.29, 1.82) is 0 Å². The molecular weight excluding hydrogens is 280 g/mol. The van der Waals surface area contributed by atoms with Gasteiger partial charge in [-0.25, -0.2) is 4.79 Å². The van der Waals surface area contributed by atoms with Crippen molar-refractivity contribution in [2.75, 3.05) is 37.4 Å². The Hall–Kier alpha value is -2.24. The number of nitrogens with zero attached hydrogens (tertiary/aromatic N) is 1. The minimum absolute atomic E-state index is 0.142. The van der Waals surface area contributed by atoms with Crippen molar-refractivity contribution in [2.24, 2.45) is 5.92 Å². The smallest absolute Gasteiger partial charge is 0.319 e. The molecule has 0 unspecified atom stereocenters. The van der Waals surface area contributed by atoms with Gasteiger partial charge in [-0.05, 0) is 31.0 Å². The van der Waals surface area contributed by atoms with E-state index in [1.54, 1.807) is 12.1 Å². The normalized spacial score (nSPS) is 10.3. The van der Waals surface area contributed by atoms with Gasteiger partial charge in [0.15, 0.2) is 0 Å². The maximum atomic E-state index is 12.4. The summed E-state index contributed by atoms with van der Waals surface area (Å²) in [6.07, 6.45) is 0. The van der Waals surface area contributed by atoms with Crippen molar-refractivity contribution >= 4 is 23.3 Å². The molecule has 0 bridgehead atoms. The number of benzene rings is 1. The molecule has 0 spiro atoms. The maximum Gasteiger partial charge on any atom is 0.319 e. The molecule has 3 amide bonds. The van der Waals surface area contributed by atoms with Crippen molar-refractivity contribution in [3.05, 3.63) is 23.8 Å². The molecule has 6 nitrogen and oxygen atoms in total. The Bertz CT molecular complexity index is 527. The number of urea groups is 1. The van der Waals surface area contributed by atoms with Crippen LogP contribution in [0.15, 0.2) is 18.2 Å². The standard InChI is InChI=1S/C16H26N4O2/c1-6-17-16(22)19-12-7-8-14(20(4)5)13(9-12)15(21)18-10-11(2)3/h7-9,11H,6,10H2,1-5H3,(H,18,21)(H2,17,19,22). The molecule has 0 aromatic heterocycles. The van der Waals surface area contributed by atoms with Gasteiger partial charge in [0.05, 0.1) is 5.56 Å². The van der Waals surface area contributed by atoms with Gasteiger partial charge in [0.2, 0.25) is 0 Å². The van der Waals surface area contributed by atoms with Gasteiger partial charge in [-0.2, -0.15) is 0 Å². The fourth-order valence-corrected chi connectivity index (χ4v) is 1.91. The van der Waals surface area contributed by atoms with Crippen LogP contribution in [0.4, 0.5) is 16.2 Å². The molecule has 0 aliphatic rings. The second-order valence-corrected chi connectivity index (χ2v) is 5.71. The van der Waals surface area contributed by atoms with E-state index >= 15 is 0 Å². The van der Waals surface area contributed by atoms with E-state index in [1.165, 1.54) is 0 Å². The van der Waals surface area contributed by atoms with Crippen LogP contribution in [0.2, 0.25) is 0 Å². The number of hydrogen-bond donors (Lipinski definition) is 3. The van der Waals surface area contributed by atoms with Gasteiger partial charge >= 0.3 is 6.03 Å². The first-order valence-corrected chi connectivity index (χ1v) is 7.49. The molecule has 122 valence electrons. The maximum absolute atomic E-state index is 12.4. The second kappa shape index (κ2) is 8.26. The quantitative estimate of drug-likeness (QED) is 0.755. The van der Waals surface area contributed by atoms with Crippen molar-refractivity contribution in [3.8, 4) is 0 Å². The summed E-state index contributed by atoms with van der Waals surface area (Å²) in [6, 6.07) is 5.02. The Labute approximate surface area is 132 Å². The van der Waals surface area contributed by atoms with Crippen molar-refractivity contribution < 1.29 is 9.59 Å². The van der Waals surface area contributed by atoms with Crippen LogP contribution < -0.4 is 20.9 Å². The van der Waals surface area contributed by atoms with Crippen LogP contribution >= 0.6 is 0 Å². The number of carbonyl (C=O) groups is 2. The third-order valence-electron chi connectivity index (χ3n) is 2.99. The summed E-state index contributed by atoms with van der Waals surface area (Å²) in [5, 5.41) is 8.29. The number of hydrogen-bond acceptors (Lipinski definition) is 3. The Morgan fingerprint density at radius 1 is 1.18 bits per heavy atom. The van der Waals surface area contributed by atoms with Crippen LogP contribution in [-0.4, -0.2) is 39.1 Å². The van der Waals surface area contributed by atoms with Crippen molar-refractivity contribution in [1.82, 2.24) is 10.6 Å². The van der Waals surface area contributed by atoms with E-state index in [9.17, 15) is 9.59 Å². The molecule has 0 heterocycles. The molecule has 0 aliphatic heterocycles. The van der Waals surface area contributed by atoms with Crippen LogP contribution in [-0.2, 0) is 0 Å². The number of anilines is 2. The molecule has 0 saturated carbocycles. The van der Waals surface area contributed by atoms with E-state index in [2.05, 4.69) is 16.0 Å². The predicted octanol–water partition coefficient (Wildman–Crippen LogP) is 2.28. The van der Waals surface area contributed by atoms with Gasteiger partial charge in [0, 0.05) is 38.6 Å². The highest BCUT2D eigenvalue weighted by Crippen LogP contribution is 2.23. The monoisotopic (exact) mass is 306 g/mol. The average Bonchev–Trinajstić information content (AvgIpc) is 2.44. The number of nitrogens with one attached hydrogen (secondary N) is 3. The van der Waals surface area contributed by atoms with Crippen LogP contribution in [0, 0.1) is 5.92 Å². The van der Waals surface area contributed by atoms with Crippen molar-refractivity contribution in [2.45, 2.75) is 20.8 Å². The van der Waals surface area contributed by atoms with Crippen LogP contribution in [0.25, 0.3) is 0 Å². The zero-order valence-electron chi connectivity index (χ0n) is 14.0. The minimum atomic E-state index is -0.284. The Morgan fingerprint density at radius 3 is 2.41 bits per heavy atom. The van der Waals surface area contributed by atoms with Gasteiger partial charge in [-0.1, -0.05) is 13.8 Å². The van der Waals surface area contributed by atoms with E-state index in [-0.39, 0.29) is 11.9 Å². The zero-order valence-corrected chi connectivity index (χ0v) is 14.0. The summed E-state index contributed by atoms with van der Waals surface area (Å²) < 4.78 is 0. The summed E-state index contributed by atoms with van der Waals surface area (Å²) in [6.45, 7) is 7.09. The molecule has 3 N–H and O–H groups in total. The van der Waals surface area contributed by atoms with Gasteiger partial charge in [0.25, 0.3) is 5.91 Å². The Kier molecular flexibility index (Phi) is 6.69. The van der Waals surface area contributed by atoms with E-state index in [0.717, 1.165) is 5.69 Å². The zero-order chi connectivity index (χ0) is 16.7. The fraction of sp³-hybridized carbons (Fsp3) is 0.500. The van der Waals surface area contributed by atoms with Crippen LogP contribution in [0.1, 0.15) is 31.1 Å². The van der Waals surface area contributed by atoms with Gasteiger partial charge in [-0.3, -0.25) is 4.79 Å². The lowest BCUT2D eigenvalue weighted by molar-refractivity contribution is 0.0949. The molecule has 0 saturated heterocycles. The largest absolute Gasteiger partial charge is 0.377 e. The van der Waals surface area contributed by atoms with E-state index in [0.29, 0.717) is 30.3 Å². The summed E-state index contributed by atoms with van der Waals surface area (Å²) in [5.74, 6) is 0.236. The van der Waals surface area contributed by atoms with Crippen molar-refractivity contribution in [3.63, 3.8) is 0 Å². The molecule has 1 aromatic carbocycles. The summed E-state index contributed by atoms with van der Waals surface area (Å²) in [4.78, 5) is 25.8. The third-order valence-corrected chi connectivity index (χ3v) is 2.99. The average molecular weight is 306 g/mol. The predicted molar refractivity (Wildman–Crippen MR) is 90.6 cm³/mol. The molecule has 0 aliphatic carbocycles. The molecule has 22 heavy (non-hydrogen) atoms. The fourth-order valence-electron chi connectivity index (χ4n) is 1.91. The number of rotatable bonds is 6. The lowest BCUT2D eigenvalue weighted by Gasteiger charge is -2.19. The molecule has 0 atom stereocenters. The topological polar surface area (TPSA) is 73.5 Å². The van der Waals surface area contributed by atoms with E-state index in [4.69, 9.17) is 0 Å². The lowest BCUT2D eigenvalue weighted by atomic mass is 10.1. The molecule has 1 rings (SSSR count). The summed E-state index contributed by atoms with van der Waals surface area (Å²) in [7, 11) is 3.76. The molecule has 6 heteroatoms. The van der Waals surface area contributed by atoms with Gasteiger partial charge in [-0.15, -0.1) is 0 Å². The molecule has 0 fully saturated rings. The van der Waals surface area contributed by atoms with E-state index in [1.807, 2.05) is 45.8 Å². The second-order valence-electron chi connectivity index (χ2n) is 5.71. The third kappa shape index (κ3) is 5.27. The van der Waals surface area contributed by atoms with Gasteiger partial charge < -0.3 is 20.9 Å². The summed E-state index contributed by atoms with van der Waals surface area (Å²) >= 11 is 0. The highest BCUT2D eigenvalue weighted by molar-refractivity contribution is 6.01. The molecule has 1 aromatic rings. The van der Waals surface area contributed by atoms with Crippen LogP contribution in [0.3, 0.4) is 0 Å². The number of amides is 3. The Morgan fingerprint density at radius 2 is 1.86 bits per heavy atom. The Balaban J connectivity index is 2.99. The SMILES string of the molecule is CCNC(=O)Nc1ccc(N(C)C)c(C(=O)NCC(C)C)c1. The first kappa shape index (κ1) is 17.8. The lowest BCUT2D eigenvalue weighted by Crippen LogP contribution is -2.30. The molecule has 0 radical (unpaired) electrons. The van der Waals surface area contributed by atoms with E-state index < -0.39 is 0 Å². The highest BCUT2D eigenvalue weighted by atomic mass is 16.2. The first-order chi connectivity index (χ1) is 10.3. The van der Waals surface area contributed by atoms with Gasteiger partial charge in [0.1, 0.15) is 0 Å². The molecular formula is C16H26N4O2.